The first-order valence-electron chi connectivity index (χ1n) is 8.65. The van der Waals surface area contributed by atoms with Gasteiger partial charge in [-0.15, -0.1) is 5.10 Å². The molecule has 0 bridgehead atoms. The summed E-state index contributed by atoms with van der Waals surface area (Å²) in [5.41, 5.74) is 6.31. The third-order valence-corrected chi connectivity index (χ3v) is 5.04. The Kier molecular flexibility index (Phi) is 3.85. The second kappa shape index (κ2) is 6.13. The highest BCUT2D eigenvalue weighted by molar-refractivity contribution is 6.14. The quantitative estimate of drug-likeness (QED) is 0.755. The molecule has 0 saturated heterocycles. The van der Waals surface area contributed by atoms with Crippen LogP contribution in [0.3, 0.4) is 0 Å². The van der Waals surface area contributed by atoms with Crippen LogP contribution in [0.5, 0.6) is 5.88 Å². The summed E-state index contributed by atoms with van der Waals surface area (Å²) in [6.07, 6.45) is -0.154. The summed E-state index contributed by atoms with van der Waals surface area (Å²) >= 11 is 0. The highest BCUT2D eigenvalue weighted by Gasteiger charge is 2.60. The normalized spacial score (nSPS) is 19.9. The van der Waals surface area contributed by atoms with Crippen LogP contribution in [-0.2, 0) is 26.2 Å². The number of fused-ring (bicyclic) bond motifs is 4. The van der Waals surface area contributed by atoms with Gasteiger partial charge in [0.15, 0.2) is 0 Å². The van der Waals surface area contributed by atoms with E-state index in [9.17, 15) is 14.9 Å². The Morgan fingerprint density at radius 1 is 1.46 bits per heavy atom. The van der Waals surface area contributed by atoms with Crippen LogP contribution in [0.1, 0.15) is 23.7 Å². The minimum Gasteiger partial charge on any atom is -0.466 e. The first kappa shape index (κ1) is 17.6. The number of carbonyl (C=O) groups is 2. The second-order valence-corrected chi connectivity index (χ2v) is 6.45. The maximum Gasteiger partial charge on any atom is 0.311 e. The molecule has 9 nitrogen and oxygen atoms in total. The fourth-order valence-electron chi connectivity index (χ4n) is 3.95. The number of rotatable bonds is 3. The molecule has 0 radical (unpaired) electrons. The largest absolute Gasteiger partial charge is 0.466 e. The number of benzene rings is 1. The van der Waals surface area contributed by atoms with E-state index < -0.39 is 11.4 Å². The Balaban J connectivity index is 2.03. The molecule has 2 aliphatic rings. The standard InChI is InChI=1S/C19H17N5O4/c1-3-27-14(25)8-12-15-17(23-22-12)28-16(21)11(9-20)19(15)10-6-4-5-7-13(10)24(2)18(19)26/h4-7H,3,8,21H2,1-2H3,(H,22,23). The molecule has 3 N–H and O–H groups in total. The summed E-state index contributed by atoms with van der Waals surface area (Å²) < 4.78 is 10.5. The number of nitriles is 1. The molecule has 2 aromatic rings. The molecule has 1 aromatic carbocycles. The molecule has 28 heavy (non-hydrogen) atoms. The van der Waals surface area contributed by atoms with Crippen LogP contribution in [0, 0.1) is 11.3 Å². The Bertz CT molecular complexity index is 1080. The zero-order valence-electron chi connectivity index (χ0n) is 15.3. The van der Waals surface area contributed by atoms with Crippen LogP contribution in [0.4, 0.5) is 5.69 Å². The number of anilines is 1. The van der Waals surface area contributed by atoms with Crippen molar-refractivity contribution in [2.75, 3.05) is 18.6 Å². The molecule has 1 atom stereocenters. The van der Waals surface area contributed by atoms with Gasteiger partial charge in [-0.3, -0.25) is 14.7 Å². The van der Waals surface area contributed by atoms with Crippen molar-refractivity contribution in [2.24, 2.45) is 5.73 Å². The lowest BCUT2D eigenvalue weighted by Crippen LogP contribution is -2.45. The van der Waals surface area contributed by atoms with E-state index in [-0.39, 0.29) is 36.3 Å². The number of ether oxygens (including phenoxy) is 2. The van der Waals surface area contributed by atoms with E-state index in [1.165, 1.54) is 4.90 Å². The van der Waals surface area contributed by atoms with Gasteiger partial charge in [0.05, 0.1) is 24.3 Å². The van der Waals surface area contributed by atoms with E-state index in [0.717, 1.165) is 0 Å². The highest BCUT2D eigenvalue weighted by Crippen LogP contribution is 2.55. The van der Waals surface area contributed by atoms with Crippen LogP contribution in [0.2, 0.25) is 0 Å². The number of H-pyrrole nitrogens is 1. The third kappa shape index (κ3) is 2.08. The molecule has 0 saturated carbocycles. The van der Waals surface area contributed by atoms with Gasteiger partial charge in [0, 0.05) is 18.3 Å². The minimum atomic E-state index is -1.54. The van der Waals surface area contributed by atoms with E-state index in [1.54, 1.807) is 38.2 Å². The number of aromatic amines is 1. The highest BCUT2D eigenvalue weighted by atomic mass is 16.5. The molecular weight excluding hydrogens is 362 g/mol. The van der Waals surface area contributed by atoms with Gasteiger partial charge in [0.25, 0.3) is 0 Å². The van der Waals surface area contributed by atoms with Gasteiger partial charge >= 0.3 is 5.97 Å². The molecule has 1 unspecified atom stereocenters. The van der Waals surface area contributed by atoms with Crippen molar-refractivity contribution in [2.45, 2.75) is 18.8 Å². The lowest BCUT2D eigenvalue weighted by molar-refractivity contribution is -0.142. The number of nitrogens with zero attached hydrogens (tertiary/aromatic N) is 3. The molecule has 1 amide bonds. The Morgan fingerprint density at radius 2 is 2.21 bits per heavy atom. The van der Waals surface area contributed by atoms with E-state index >= 15 is 0 Å². The van der Waals surface area contributed by atoms with E-state index in [0.29, 0.717) is 22.5 Å². The van der Waals surface area contributed by atoms with Crippen molar-refractivity contribution >= 4 is 17.6 Å². The molecule has 2 aliphatic heterocycles. The average Bonchev–Trinajstić information content (AvgIpc) is 3.16. The molecular formula is C19H17N5O4. The van der Waals surface area contributed by atoms with Crippen LogP contribution in [0.25, 0.3) is 0 Å². The minimum absolute atomic E-state index is 0.0340. The molecule has 0 fully saturated rings. The van der Waals surface area contributed by atoms with Gasteiger partial charge in [0.1, 0.15) is 17.1 Å². The summed E-state index contributed by atoms with van der Waals surface area (Å²) in [7, 11) is 1.63. The summed E-state index contributed by atoms with van der Waals surface area (Å²) in [5.74, 6) is -0.988. The molecule has 1 spiro atoms. The number of nitrogens with one attached hydrogen (secondary N) is 1. The second-order valence-electron chi connectivity index (χ2n) is 6.45. The van der Waals surface area contributed by atoms with Gasteiger partial charge in [-0.1, -0.05) is 18.2 Å². The van der Waals surface area contributed by atoms with Gasteiger partial charge in [-0.25, -0.2) is 0 Å². The molecule has 9 heteroatoms. The number of esters is 1. The zero-order valence-corrected chi connectivity index (χ0v) is 15.3. The SMILES string of the molecule is CCOC(=O)Cc1[nH]nc2c1C1(C(=O)N(C)c3ccccc31)C(C#N)=C(N)O2. The number of likely N-dealkylation sites (N-methyl/N-ethyl adjacent to an activating group) is 1. The van der Waals surface area contributed by atoms with Crippen molar-refractivity contribution in [3.8, 4) is 11.9 Å². The number of hydrogen-bond donors (Lipinski definition) is 2. The summed E-state index contributed by atoms with van der Waals surface area (Å²) in [6.45, 7) is 1.92. The molecule has 3 heterocycles. The lowest BCUT2D eigenvalue weighted by atomic mass is 9.69. The van der Waals surface area contributed by atoms with Crippen LogP contribution < -0.4 is 15.4 Å². The molecule has 142 valence electrons. The number of nitrogens with two attached hydrogens (primary N) is 1. The van der Waals surface area contributed by atoms with Crippen molar-refractivity contribution in [3.63, 3.8) is 0 Å². The van der Waals surface area contributed by atoms with E-state index in [4.69, 9.17) is 15.2 Å². The summed E-state index contributed by atoms with van der Waals surface area (Å²) in [6, 6.07) is 9.16. The van der Waals surface area contributed by atoms with E-state index in [1.807, 2.05) is 6.07 Å². The monoisotopic (exact) mass is 379 g/mol. The number of hydrogen-bond acceptors (Lipinski definition) is 7. The predicted octanol–water partition coefficient (Wildman–Crippen LogP) is 0.864. The average molecular weight is 379 g/mol. The maximum atomic E-state index is 13.6. The fraction of sp³-hybridized carbons (Fsp3) is 0.263. The van der Waals surface area contributed by atoms with Crippen molar-refractivity contribution in [3.05, 3.63) is 52.5 Å². The Morgan fingerprint density at radius 3 is 2.93 bits per heavy atom. The maximum absolute atomic E-state index is 13.6. The lowest BCUT2D eigenvalue weighted by Gasteiger charge is -2.32. The molecule has 0 aliphatic carbocycles. The van der Waals surface area contributed by atoms with Crippen molar-refractivity contribution in [1.82, 2.24) is 10.2 Å². The number of para-hydroxylation sites is 1. The number of aromatic nitrogens is 2. The number of amides is 1. The van der Waals surface area contributed by atoms with Gasteiger partial charge in [0.2, 0.25) is 17.7 Å². The molecule has 1 aromatic heterocycles. The van der Waals surface area contributed by atoms with Gasteiger partial charge in [-0.05, 0) is 13.0 Å². The predicted molar refractivity (Wildman–Crippen MR) is 97.0 cm³/mol. The summed E-state index contributed by atoms with van der Waals surface area (Å²) in [5, 5.41) is 16.7. The van der Waals surface area contributed by atoms with Crippen LogP contribution >= 0.6 is 0 Å². The smallest absolute Gasteiger partial charge is 0.311 e. The number of carbonyl (C=O) groups excluding carboxylic acids is 2. The van der Waals surface area contributed by atoms with Crippen molar-refractivity contribution < 1.29 is 19.1 Å². The first-order chi connectivity index (χ1) is 13.5. The summed E-state index contributed by atoms with van der Waals surface area (Å²) in [4.78, 5) is 27.1. The molecule has 4 rings (SSSR count). The van der Waals surface area contributed by atoms with E-state index in [2.05, 4.69) is 10.2 Å². The Labute approximate surface area is 160 Å². The van der Waals surface area contributed by atoms with Gasteiger partial charge in [-0.2, -0.15) is 5.26 Å². The van der Waals surface area contributed by atoms with Gasteiger partial charge < -0.3 is 20.1 Å². The third-order valence-electron chi connectivity index (χ3n) is 5.04. The topological polar surface area (TPSA) is 134 Å². The van der Waals surface area contributed by atoms with Crippen molar-refractivity contribution in [1.29, 1.82) is 5.26 Å². The first-order valence-corrected chi connectivity index (χ1v) is 8.65. The zero-order chi connectivity index (χ0) is 20.1. The van der Waals surface area contributed by atoms with Crippen LogP contribution in [0.15, 0.2) is 35.7 Å². The van der Waals surface area contributed by atoms with Crippen LogP contribution in [-0.4, -0.2) is 35.7 Å². The Hall–Kier alpha value is -3.80. The fourth-order valence-corrected chi connectivity index (χ4v) is 3.95.